The number of hydrogen-bond acceptors (Lipinski definition) is 7. The van der Waals surface area contributed by atoms with Crippen LogP contribution in [-0.4, -0.2) is 72.1 Å². The van der Waals surface area contributed by atoms with Crippen molar-refractivity contribution in [2.45, 2.75) is 96.8 Å². The smallest absolute Gasteiger partial charge is 0.549 e. The van der Waals surface area contributed by atoms with E-state index in [2.05, 4.69) is 19.1 Å². The molecular formula is C26H46N2Na2O6. The predicted molar refractivity (Wildman–Crippen MR) is 130 cm³/mol. The SMILES string of the molecule is CCCCCCCCC=CCCCCCCCC(=O)N(CCN(CCO)CC(=O)[O-])CC(=O)[O-].[Na+].[Na+]. The molecule has 0 aromatic heterocycles. The zero-order valence-corrected chi connectivity index (χ0v) is 27.2. The first-order valence-electron chi connectivity index (χ1n) is 13.1. The molecule has 8 nitrogen and oxygen atoms in total. The second-order valence-electron chi connectivity index (χ2n) is 8.89. The first-order valence-corrected chi connectivity index (χ1v) is 13.1. The van der Waals surface area contributed by atoms with Gasteiger partial charge in [0.15, 0.2) is 0 Å². The van der Waals surface area contributed by atoms with E-state index in [1.165, 1.54) is 54.7 Å². The van der Waals surface area contributed by atoms with E-state index in [-0.39, 0.29) is 104 Å². The minimum atomic E-state index is -1.36. The summed E-state index contributed by atoms with van der Waals surface area (Å²) in [5, 5.41) is 30.8. The molecule has 0 aliphatic rings. The number of aliphatic hydroxyl groups is 1. The molecule has 0 heterocycles. The maximum absolute atomic E-state index is 12.4. The molecule has 0 unspecified atom stereocenters. The quantitative estimate of drug-likeness (QED) is 0.0763. The average molecular weight is 529 g/mol. The Hall–Kier alpha value is 0.0700. The molecule has 0 saturated carbocycles. The van der Waals surface area contributed by atoms with Crippen molar-refractivity contribution in [2.75, 3.05) is 39.3 Å². The summed E-state index contributed by atoms with van der Waals surface area (Å²) in [5.74, 6) is -2.93. The van der Waals surface area contributed by atoms with E-state index in [1.54, 1.807) is 0 Å². The summed E-state index contributed by atoms with van der Waals surface area (Å²) in [6, 6.07) is 0. The van der Waals surface area contributed by atoms with Crippen molar-refractivity contribution in [3.63, 3.8) is 0 Å². The van der Waals surface area contributed by atoms with Gasteiger partial charge in [-0.05, 0) is 32.1 Å². The van der Waals surface area contributed by atoms with Crippen molar-refractivity contribution in [3.05, 3.63) is 12.2 Å². The Morgan fingerprint density at radius 2 is 1.19 bits per heavy atom. The maximum Gasteiger partial charge on any atom is 1.00 e. The first kappa shape index (κ1) is 40.6. The standard InChI is InChI=1S/C26H48N2O6.2Na/c1-2-3-4-5-6-7-8-9-10-11-12-13-14-15-16-17-24(30)28(23-26(33)34)19-18-27(20-21-29)22-25(31)32;;/h9-10,29H,2-8,11-23H2,1H3,(H,31,32)(H,33,34);;/q;2*+1/p-2. The molecule has 36 heavy (non-hydrogen) atoms. The Kier molecular flexibility index (Phi) is 33.4. The molecule has 1 amide bonds. The van der Waals surface area contributed by atoms with Crippen molar-refractivity contribution in [3.8, 4) is 0 Å². The monoisotopic (exact) mass is 528 g/mol. The molecule has 0 aliphatic heterocycles. The van der Waals surface area contributed by atoms with Gasteiger partial charge in [0.25, 0.3) is 0 Å². The second kappa shape index (κ2) is 29.6. The molecule has 198 valence electrons. The summed E-state index contributed by atoms with van der Waals surface area (Å²) in [4.78, 5) is 36.8. The van der Waals surface area contributed by atoms with Gasteiger partial charge in [-0.25, -0.2) is 0 Å². The number of hydrogen-bond donors (Lipinski definition) is 1. The third kappa shape index (κ3) is 27.1. The number of unbranched alkanes of at least 4 members (excludes halogenated alkanes) is 11. The first-order chi connectivity index (χ1) is 16.4. The maximum atomic E-state index is 12.4. The van der Waals surface area contributed by atoms with Crippen LogP contribution in [0.4, 0.5) is 0 Å². The number of amides is 1. The minimum Gasteiger partial charge on any atom is -0.549 e. The fourth-order valence-corrected chi connectivity index (χ4v) is 3.81. The van der Waals surface area contributed by atoms with Crippen LogP contribution >= 0.6 is 0 Å². The van der Waals surface area contributed by atoms with Crippen molar-refractivity contribution >= 4 is 17.8 Å². The number of carbonyl (C=O) groups excluding carboxylic acids is 3. The summed E-state index contributed by atoms with van der Waals surface area (Å²) in [7, 11) is 0. The van der Waals surface area contributed by atoms with Crippen LogP contribution in [0.15, 0.2) is 12.2 Å². The molecule has 0 atom stereocenters. The predicted octanol–water partition coefficient (Wildman–Crippen LogP) is -4.35. The number of nitrogens with zero attached hydrogens (tertiary/aromatic N) is 2. The summed E-state index contributed by atoms with van der Waals surface area (Å²) < 4.78 is 0. The average Bonchev–Trinajstić information content (AvgIpc) is 2.78. The number of aliphatic hydroxyl groups excluding tert-OH is 1. The van der Waals surface area contributed by atoms with E-state index < -0.39 is 18.5 Å². The van der Waals surface area contributed by atoms with Gasteiger partial charge in [0.05, 0.1) is 25.1 Å². The molecule has 0 spiro atoms. The minimum absolute atomic E-state index is 0. The van der Waals surface area contributed by atoms with Gasteiger partial charge in [-0.2, -0.15) is 0 Å². The van der Waals surface area contributed by atoms with Gasteiger partial charge in [0, 0.05) is 32.6 Å². The summed E-state index contributed by atoms with van der Waals surface area (Å²) in [5.41, 5.74) is 0. The summed E-state index contributed by atoms with van der Waals surface area (Å²) in [6.07, 6.45) is 19.9. The van der Waals surface area contributed by atoms with Gasteiger partial charge in [-0.15, -0.1) is 0 Å². The topological polar surface area (TPSA) is 124 Å². The van der Waals surface area contributed by atoms with Crippen LogP contribution in [0.3, 0.4) is 0 Å². The van der Waals surface area contributed by atoms with Crippen LogP contribution < -0.4 is 69.3 Å². The molecule has 0 rings (SSSR count). The van der Waals surface area contributed by atoms with Crippen LogP contribution in [0.1, 0.15) is 96.8 Å². The van der Waals surface area contributed by atoms with Crippen LogP contribution in [0.5, 0.6) is 0 Å². The van der Waals surface area contributed by atoms with E-state index in [4.69, 9.17) is 5.11 Å². The number of carbonyl (C=O) groups is 3. The molecule has 0 aromatic rings. The van der Waals surface area contributed by atoms with Crippen LogP contribution in [0.25, 0.3) is 0 Å². The van der Waals surface area contributed by atoms with Crippen molar-refractivity contribution in [1.29, 1.82) is 0 Å². The molecule has 10 heteroatoms. The Morgan fingerprint density at radius 1 is 0.694 bits per heavy atom. The van der Waals surface area contributed by atoms with Crippen molar-refractivity contribution in [2.24, 2.45) is 0 Å². The van der Waals surface area contributed by atoms with Crippen molar-refractivity contribution in [1.82, 2.24) is 9.80 Å². The van der Waals surface area contributed by atoms with E-state index in [0.717, 1.165) is 32.1 Å². The van der Waals surface area contributed by atoms with Gasteiger partial charge in [-0.3, -0.25) is 9.69 Å². The van der Waals surface area contributed by atoms with E-state index in [0.29, 0.717) is 6.42 Å². The molecule has 0 aliphatic carbocycles. The van der Waals surface area contributed by atoms with Gasteiger partial charge in [0.2, 0.25) is 5.91 Å². The molecule has 0 fully saturated rings. The Labute approximate surface area is 262 Å². The van der Waals surface area contributed by atoms with Gasteiger partial charge in [-0.1, -0.05) is 70.4 Å². The molecule has 0 bridgehead atoms. The normalized spacial score (nSPS) is 10.8. The molecule has 1 N–H and O–H groups in total. The third-order valence-corrected chi connectivity index (χ3v) is 5.78. The number of aliphatic carboxylic acids is 2. The van der Waals surface area contributed by atoms with E-state index in [1.807, 2.05) is 0 Å². The summed E-state index contributed by atoms with van der Waals surface area (Å²) in [6.45, 7) is 1.39. The number of carboxylic acid groups (broad SMARTS) is 2. The van der Waals surface area contributed by atoms with E-state index >= 15 is 0 Å². The Balaban J connectivity index is -0.00000544. The van der Waals surface area contributed by atoms with Gasteiger partial charge >= 0.3 is 59.1 Å². The summed E-state index contributed by atoms with van der Waals surface area (Å²) >= 11 is 0. The largest absolute Gasteiger partial charge is 1.00 e. The second-order valence-corrected chi connectivity index (χ2v) is 8.89. The molecule has 0 radical (unpaired) electrons. The zero-order chi connectivity index (χ0) is 25.4. The molecule has 0 aromatic carbocycles. The molecular weight excluding hydrogens is 482 g/mol. The Bertz CT molecular complexity index is 579. The van der Waals surface area contributed by atoms with Gasteiger partial charge in [0.1, 0.15) is 0 Å². The third-order valence-electron chi connectivity index (χ3n) is 5.78. The van der Waals surface area contributed by atoms with Gasteiger partial charge < -0.3 is 29.8 Å². The van der Waals surface area contributed by atoms with Crippen LogP contribution in [0.2, 0.25) is 0 Å². The number of carboxylic acids is 2. The number of rotatable bonds is 24. The van der Waals surface area contributed by atoms with E-state index in [9.17, 15) is 24.6 Å². The van der Waals surface area contributed by atoms with Crippen LogP contribution in [-0.2, 0) is 14.4 Å². The fraction of sp³-hybridized carbons (Fsp3) is 0.808. The Morgan fingerprint density at radius 3 is 1.69 bits per heavy atom. The fourth-order valence-electron chi connectivity index (χ4n) is 3.81. The molecule has 0 saturated heterocycles. The zero-order valence-electron chi connectivity index (χ0n) is 23.2. The van der Waals surface area contributed by atoms with Crippen LogP contribution in [0, 0.1) is 0 Å². The number of allylic oxidation sites excluding steroid dienone is 2. The van der Waals surface area contributed by atoms with Crippen molar-refractivity contribution < 1.29 is 88.8 Å².